The van der Waals surface area contributed by atoms with Crippen LogP contribution in [0.4, 0.5) is 14.5 Å². The zero-order valence-corrected chi connectivity index (χ0v) is 10.5. The third-order valence-corrected chi connectivity index (χ3v) is 4.17. The Hall–Kier alpha value is -1.65. The number of benzene rings is 1. The fourth-order valence-corrected chi connectivity index (χ4v) is 2.51. The van der Waals surface area contributed by atoms with Gasteiger partial charge < -0.3 is 5.11 Å². The van der Waals surface area contributed by atoms with Crippen molar-refractivity contribution >= 4 is 15.7 Å². The van der Waals surface area contributed by atoms with Crippen LogP contribution < -0.4 is 0 Å². The number of aliphatic hydroxyl groups is 1. The molecule has 0 aliphatic carbocycles. The number of nitrogens with zero attached hydrogens (tertiary/aromatic N) is 2. The van der Waals surface area contributed by atoms with Crippen LogP contribution >= 0.6 is 0 Å². The third kappa shape index (κ3) is 3.03. The average molecular weight is 296 g/mol. The van der Waals surface area contributed by atoms with Crippen LogP contribution in [0.3, 0.4) is 0 Å². The van der Waals surface area contributed by atoms with Crippen molar-refractivity contribution in [2.24, 2.45) is 0 Å². The highest BCUT2D eigenvalue weighted by Gasteiger charge is 2.29. The molecule has 1 N–H and O–H groups in total. The fraction of sp³-hybridized carbons (Fsp3) is 0.333. The van der Waals surface area contributed by atoms with Gasteiger partial charge in [0.05, 0.1) is 11.5 Å². The summed E-state index contributed by atoms with van der Waals surface area (Å²) in [6, 6.07) is 0.450. The number of hydrogen-bond acceptors (Lipinski definition) is 5. The summed E-state index contributed by atoms with van der Waals surface area (Å²) in [5.74, 6) is -2.90. The number of sulfonamides is 1. The predicted octanol–water partition coefficient (Wildman–Crippen LogP) is 0.486. The van der Waals surface area contributed by atoms with Crippen LogP contribution in [0.15, 0.2) is 17.0 Å². The van der Waals surface area contributed by atoms with Gasteiger partial charge in [0.15, 0.2) is 0 Å². The van der Waals surface area contributed by atoms with Gasteiger partial charge in [-0.3, -0.25) is 10.1 Å². The zero-order valence-electron chi connectivity index (χ0n) is 9.71. The van der Waals surface area contributed by atoms with Crippen molar-refractivity contribution in [3.8, 4) is 0 Å². The summed E-state index contributed by atoms with van der Waals surface area (Å²) in [6.45, 7) is -0.840. The smallest absolute Gasteiger partial charge is 0.306 e. The van der Waals surface area contributed by atoms with Gasteiger partial charge in [0, 0.05) is 25.7 Å². The summed E-state index contributed by atoms with van der Waals surface area (Å²) in [6.07, 6.45) is 0. The molecule has 1 aromatic carbocycles. The van der Waals surface area contributed by atoms with Crippen molar-refractivity contribution in [1.82, 2.24) is 4.31 Å². The molecule has 0 saturated heterocycles. The number of nitro benzene ring substituents is 1. The Labute approximate surface area is 107 Å². The van der Waals surface area contributed by atoms with Gasteiger partial charge in [-0.1, -0.05) is 0 Å². The van der Waals surface area contributed by atoms with E-state index in [9.17, 15) is 27.3 Å². The molecule has 7 nitrogen and oxygen atoms in total. The minimum atomic E-state index is -4.38. The number of likely N-dealkylation sites (N-methyl/N-ethyl adjacent to an activating group) is 1. The molecule has 0 unspecified atom stereocenters. The lowest BCUT2D eigenvalue weighted by atomic mass is 10.3. The first-order chi connectivity index (χ1) is 8.71. The molecule has 0 amide bonds. The number of nitro groups is 1. The highest BCUT2D eigenvalue weighted by molar-refractivity contribution is 7.89. The molecular formula is C9H10F2N2O5S. The molecule has 0 aromatic heterocycles. The molecule has 106 valence electrons. The fourth-order valence-electron chi connectivity index (χ4n) is 1.28. The Morgan fingerprint density at radius 3 is 2.42 bits per heavy atom. The van der Waals surface area contributed by atoms with Crippen molar-refractivity contribution in [3.05, 3.63) is 33.9 Å². The summed E-state index contributed by atoms with van der Waals surface area (Å²) in [5.41, 5.74) is -1.14. The van der Waals surface area contributed by atoms with Crippen LogP contribution in [-0.4, -0.2) is 43.0 Å². The first-order valence-corrected chi connectivity index (χ1v) is 6.36. The number of hydrogen-bond donors (Lipinski definition) is 1. The van der Waals surface area contributed by atoms with E-state index in [2.05, 4.69) is 0 Å². The maximum absolute atomic E-state index is 13.5. The summed E-state index contributed by atoms with van der Waals surface area (Å²) in [7, 11) is -3.32. The second-order valence-corrected chi connectivity index (χ2v) is 5.55. The molecular weight excluding hydrogens is 286 g/mol. The van der Waals surface area contributed by atoms with E-state index < -0.39 is 43.8 Å². The first-order valence-electron chi connectivity index (χ1n) is 4.92. The van der Waals surface area contributed by atoms with E-state index in [1.807, 2.05) is 0 Å². The zero-order chi connectivity index (χ0) is 14.8. The van der Waals surface area contributed by atoms with E-state index in [1.54, 1.807) is 0 Å². The quantitative estimate of drug-likeness (QED) is 0.629. The van der Waals surface area contributed by atoms with Gasteiger partial charge in [-0.25, -0.2) is 12.8 Å². The molecule has 19 heavy (non-hydrogen) atoms. The van der Waals surface area contributed by atoms with Gasteiger partial charge in [0.25, 0.3) is 0 Å². The molecule has 0 aliphatic heterocycles. The SMILES string of the molecule is CN(CCO)S(=O)(=O)c1cc([N+](=O)[O-])c(F)cc1F. The van der Waals surface area contributed by atoms with Gasteiger partial charge in [0.1, 0.15) is 10.7 Å². The topological polar surface area (TPSA) is 101 Å². The Morgan fingerprint density at radius 1 is 1.37 bits per heavy atom. The molecule has 0 aliphatic rings. The molecule has 0 fully saturated rings. The average Bonchev–Trinajstić information content (AvgIpc) is 2.28. The van der Waals surface area contributed by atoms with Crippen LogP contribution in [0, 0.1) is 21.7 Å². The number of halogens is 2. The summed E-state index contributed by atoms with van der Waals surface area (Å²) >= 11 is 0. The molecule has 0 bridgehead atoms. The standard InChI is InChI=1S/C9H10F2N2O5S/c1-12(2-3-14)19(17,18)9-5-8(13(15)16)6(10)4-7(9)11/h4-5,14H,2-3H2,1H3. The van der Waals surface area contributed by atoms with Crippen molar-refractivity contribution in [3.63, 3.8) is 0 Å². The van der Waals surface area contributed by atoms with E-state index in [-0.39, 0.29) is 12.6 Å². The van der Waals surface area contributed by atoms with Crippen LogP contribution in [0.2, 0.25) is 0 Å². The minimum absolute atomic E-state index is 0.137. The first kappa shape index (κ1) is 15.4. The Bertz CT molecular complexity index is 605. The second kappa shape index (κ2) is 5.55. The lowest BCUT2D eigenvalue weighted by Gasteiger charge is -2.16. The largest absolute Gasteiger partial charge is 0.395 e. The van der Waals surface area contributed by atoms with Crippen molar-refractivity contribution < 1.29 is 27.2 Å². The minimum Gasteiger partial charge on any atom is -0.395 e. The molecule has 1 rings (SSSR count). The van der Waals surface area contributed by atoms with Gasteiger partial charge in [-0.05, 0) is 0 Å². The maximum atomic E-state index is 13.5. The lowest BCUT2D eigenvalue weighted by molar-refractivity contribution is -0.387. The lowest BCUT2D eigenvalue weighted by Crippen LogP contribution is -2.30. The Balaban J connectivity index is 3.43. The van der Waals surface area contributed by atoms with E-state index in [4.69, 9.17) is 5.11 Å². The highest BCUT2D eigenvalue weighted by Crippen LogP contribution is 2.26. The van der Waals surface area contributed by atoms with Crippen molar-refractivity contribution in [2.75, 3.05) is 20.2 Å². The van der Waals surface area contributed by atoms with Crippen molar-refractivity contribution in [1.29, 1.82) is 0 Å². The van der Waals surface area contributed by atoms with Crippen molar-refractivity contribution in [2.45, 2.75) is 4.90 Å². The Morgan fingerprint density at radius 2 is 1.95 bits per heavy atom. The van der Waals surface area contributed by atoms with Gasteiger partial charge in [0.2, 0.25) is 15.8 Å². The molecule has 0 atom stereocenters. The molecule has 0 radical (unpaired) electrons. The van der Waals surface area contributed by atoms with Crippen LogP contribution in [0.1, 0.15) is 0 Å². The second-order valence-electron chi connectivity index (χ2n) is 3.54. The summed E-state index contributed by atoms with van der Waals surface area (Å²) in [5, 5.41) is 19.1. The van der Waals surface area contributed by atoms with E-state index in [1.165, 1.54) is 0 Å². The van der Waals surface area contributed by atoms with Crippen LogP contribution in [0.25, 0.3) is 0 Å². The number of aliphatic hydroxyl groups excluding tert-OH is 1. The predicted molar refractivity (Wildman–Crippen MR) is 59.9 cm³/mol. The summed E-state index contributed by atoms with van der Waals surface area (Å²) in [4.78, 5) is 8.33. The van der Waals surface area contributed by atoms with Gasteiger partial charge >= 0.3 is 5.69 Å². The van der Waals surface area contributed by atoms with Gasteiger partial charge in [-0.15, -0.1) is 0 Å². The molecule has 10 heteroatoms. The maximum Gasteiger partial charge on any atom is 0.306 e. The van der Waals surface area contributed by atoms with Crippen LogP contribution in [0.5, 0.6) is 0 Å². The summed E-state index contributed by atoms with van der Waals surface area (Å²) < 4.78 is 50.9. The molecule has 0 heterocycles. The Kier molecular flexibility index (Phi) is 4.50. The third-order valence-electron chi connectivity index (χ3n) is 2.30. The molecule has 0 saturated carbocycles. The highest BCUT2D eigenvalue weighted by atomic mass is 32.2. The van der Waals surface area contributed by atoms with E-state index in [0.29, 0.717) is 10.4 Å². The monoisotopic (exact) mass is 296 g/mol. The molecule has 0 spiro atoms. The normalized spacial score (nSPS) is 11.8. The van der Waals surface area contributed by atoms with E-state index >= 15 is 0 Å². The van der Waals surface area contributed by atoms with Gasteiger partial charge in [-0.2, -0.15) is 8.70 Å². The molecule has 1 aromatic rings. The van der Waals surface area contributed by atoms with E-state index in [0.717, 1.165) is 7.05 Å². The van der Waals surface area contributed by atoms with Crippen LogP contribution in [-0.2, 0) is 10.0 Å². The number of rotatable bonds is 5.